The van der Waals surface area contributed by atoms with Gasteiger partial charge >= 0.3 is 12.2 Å². The van der Waals surface area contributed by atoms with Gasteiger partial charge in [-0.2, -0.15) is 0 Å². The summed E-state index contributed by atoms with van der Waals surface area (Å²) in [5.41, 5.74) is 2.31. The Kier molecular flexibility index (Phi) is 11.0. The minimum absolute atomic E-state index is 0.116. The van der Waals surface area contributed by atoms with Gasteiger partial charge in [-0.05, 0) is 49.1 Å². The number of amides is 3. The number of carbonyl (C=O) groups is 4. The Morgan fingerprint density at radius 2 is 1.49 bits per heavy atom. The fourth-order valence-corrected chi connectivity index (χ4v) is 5.40. The van der Waals surface area contributed by atoms with E-state index in [2.05, 4.69) is 10.6 Å². The first-order valence-electron chi connectivity index (χ1n) is 15.5. The first-order chi connectivity index (χ1) is 21.5. The predicted octanol–water partition coefficient (Wildman–Crippen LogP) is 6.68. The van der Waals surface area contributed by atoms with E-state index in [0.29, 0.717) is 18.6 Å². The first kappa shape index (κ1) is 33.2. The zero-order valence-corrected chi connectivity index (χ0v) is 26.6. The van der Waals surface area contributed by atoms with Crippen LogP contribution in [0.2, 0.25) is 0 Å². The van der Waals surface area contributed by atoms with Gasteiger partial charge in [-0.15, -0.1) is 0 Å². The third-order valence-electron chi connectivity index (χ3n) is 8.71. The van der Waals surface area contributed by atoms with Gasteiger partial charge in [0.15, 0.2) is 0 Å². The van der Waals surface area contributed by atoms with Crippen LogP contribution < -0.4 is 15.4 Å². The Labute approximate surface area is 265 Å². The van der Waals surface area contributed by atoms with Crippen LogP contribution in [0.15, 0.2) is 84.9 Å². The molecule has 1 saturated heterocycles. The summed E-state index contributed by atoms with van der Waals surface area (Å²) in [4.78, 5) is 53.8. The summed E-state index contributed by atoms with van der Waals surface area (Å²) in [5.74, 6) is -1.09. The van der Waals surface area contributed by atoms with Crippen molar-refractivity contribution in [3.63, 3.8) is 0 Å². The summed E-state index contributed by atoms with van der Waals surface area (Å²) in [5, 5.41) is 5.35. The van der Waals surface area contributed by atoms with Crippen molar-refractivity contribution >= 4 is 23.9 Å². The number of hydrogen-bond acceptors (Lipinski definition) is 6. The van der Waals surface area contributed by atoms with E-state index >= 15 is 0 Å². The molecule has 3 aromatic rings. The number of rotatable bonds is 11. The summed E-state index contributed by atoms with van der Waals surface area (Å²) in [6.07, 6.45) is -0.323. The van der Waals surface area contributed by atoms with Gasteiger partial charge in [0, 0.05) is 11.5 Å². The number of benzene rings is 3. The van der Waals surface area contributed by atoms with E-state index < -0.39 is 41.4 Å². The Hall–Kier alpha value is -4.66. The molecule has 238 valence electrons. The highest BCUT2D eigenvalue weighted by atomic mass is 16.6. The summed E-state index contributed by atoms with van der Waals surface area (Å²) in [6, 6.07) is 24.8. The van der Waals surface area contributed by atoms with Crippen molar-refractivity contribution in [1.29, 1.82) is 0 Å². The van der Waals surface area contributed by atoms with E-state index in [9.17, 15) is 19.2 Å². The lowest BCUT2D eigenvalue weighted by atomic mass is 9.83. The molecule has 1 aliphatic heterocycles. The van der Waals surface area contributed by atoms with Crippen molar-refractivity contribution in [2.24, 2.45) is 5.41 Å². The van der Waals surface area contributed by atoms with Gasteiger partial charge in [0.25, 0.3) is 5.91 Å². The fourth-order valence-electron chi connectivity index (χ4n) is 5.40. The fraction of sp³-hybridized carbons (Fsp3) is 0.389. The first-order valence-corrected chi connectivity index (χ1v) is 15.5. The number of alkyl carbamates (subject to hydrolysis) is 1. The zero-order valence-electron chi connectivity index (χ0n) is 26.6. The second-order valence-corrected chi connectivity index (χ2v) is 12.1. The molecule has 9 heteroatoms. The maximum atomic E-state index is 13.2. The largest absolute Gasteiger partial charge is 0.444 e. The highest BCUT2D eigenvalue weighted by molar-refractivity contribution is 6.38. The predicted molar refractivity (Wildman–Crippen MR) is 173 cm³/mol. The van der Waals surface area contributed by atoms with Gasteiger partial charge in [-0.25, -0.2) is 9.59 Å². The second-order valence-electron chi connectivity index (χ2n) is 12.1. The second kappa shape index (κ2) is 14.9. The summed E-state index contributed by atoms with van der Waals surface area (Å²) in [7, 11) is 0. The van der Waals surface area contributed by atoms with Crippen molar-refractivity contribution in [1.82, 2.24) is 15.5 Å². The number of ether oxygens (including phenoxy) is 2. The average molecular weight is 614 g/mol. The molecule has 0 spiro atoms. The van der Waals surface area contributed by atoms with Crippen LogP contribution in [0, 0.1) is 5.41 Å². The molecule has 0 aliphatic carbocycles. The van der Waals surface area contributed by atoms with Crippen LogP contribution in [-0.4, -0.2) is 53.5 Å². The molecule has 3 amide bonds. The van der Waals surface area contributed by atoms with Crippen LogP contribution >= 0.6 is 0 Å². The molecule has 0 aromatic heterocycles. The van der Waals surface area contributed by atoms with Gasteiger partial charge < -0.3 is 25.0 Å². The number of hydrogen-bond donors (Lipinski definition) is 2. The Bertz CT molecular complexity index is 1460. The third-order valence-corrected chi connectivity index (χ3v) is 8.71. The molecule has 2 N–H and O–H groups in total. The van der Waals surface area contributed by atoms with Crippen molar-refractivity contribution < 1.29 is 28.7 Å². The number of ketones is 1. The van der Waals surface area contributed by atoms with Crippen LogP contribution in [0.5, 0.6) is 5.75 Å². The molecule has 0 saturated carbocycles. The third kappa shape index (κ3) is 8.29. The maximum absolute atomic E-state index is 13.2. The quantitative estimate of drug-likeness (QED) is 0.233. The van der Waals surface area contributed by atoms with Gasteiger partial charge in [-0.3, -0.25) is 9.59 Å². The molecule has 1 fully saturated rings. The van der Waals surface area contributed by atoms with E-state index in [1.807, 2.05) is 100 Å². The van der Waals surface area contributed by atoms with Crippen LogP contribution in [0.4, 0.5) is 9.59 Å². The Balaban J connectivity index is 1.36. The van der Waals surface area contributed by atoms with Crippen LogP contribution in [0.25, 0.3) is 11.1 Å². The average Bonchev–Trinajstić information content (AvgIpc) is 3.27. The number of unbranched alkanes of at least 4 members (excludes halogenated alkanes) is 1. The molecule has 0 radical (unpaired) electrons. The topological polar surface area (TPSA) is 114 Å². The Morgan fingerprint density at radius 1 is 0.889 bits per heavy atom. The molecular formula is C36H43N3O6. The molecule has 4 atom stereocenters. The SMILES string of the molecule is CCCC[C@H](NC(=O)O[C@@H]1CN(C(=O)Oc2ccc(-c3ccccc3)cc2)C(C)C1(C)C)C(=O)C(=O)N[C@H](C)c1ccccc1. The molecule has 45 heavy (non-hydrogen) atoms. The molecule has 3 aromatic carbocycles. The summed E-state index contributed by atoms with van der Waals surface area (Å²) < 4.78 is 11.5. The van der Waals surface area contributed by atoms with Crippen molar-refractivity contribution in [2.45, 2.75) is 78.1 Å². The van der Waals surface area contributed by atoms with E-state index in [1.54, 1.807) is 24.0 Å². The van der Waals surface area contributed by atoms with Gasteiger partial charge in [0.2, 0.25) is 5.78 Å². The van der Waals surface area contributed by atoms with Crippen molar-refractivity contribution in [3.05, 3.63) is 90.5 Å². The minimum Gasteiger partial charge on any atom is -0.444 e. The minimum atomic E-state index is -1.04. The van der Waals surface area contributed by atoms with E-state index in [0.717, 1.165) is 23.1 Å². The molecule has 9 nitrogen and oxygen atoms in total. The van der Waals surface area contributed by atoms with Gasteiger partial charge in [0.1, 0.15) is 17.9 Å². The lowest BCUT2D eigenvalue weighted by Crippen LogP contribution is -2.49. The number of Topliss-reactive ketones (excluding diaryl/α,β-unsaturated/α-hetero) is 1. The van der Waals surface area contributed by atoms with E-state index in [-0.39, 0.29) is 18.6 Å². The van der Waals surface area contributed by atoms with Crippen molar-refractivity contribution in [2.75, 3.05) is 6.54 Å². The summed E-state index contributed by atoms with van der Waals surface area (Å²) >= 11 is 0. The molecule has 0 bridgehead atoms. The van der Waals surface area contributed by atoms with Gasteiger partial charge in [-0.1, -0.05) is 106 Å². The monoisotopic (exact) mass is 613 g/mol. The standard InChI is InChI=1S/C36H43N3O6/c1-6-7-18-30(32(40)33(41)37-24(2)26-14-10-8-11-15-26)38-34(42)45-31-23-39(25(3)36(31,4)5)35(43)44-29-21-19-28(20-22-29)27-16-12-9-13-17-27/h8-17,19-22,24-25,30-31H,6-7,18,23H2,1-5H3,(H,37,41)(H,38,42)/t24-,25?,30+,31-/m1/s1. The number of nitrogens with zero attached hydrogens (tertiary/aromatic N) is 1. The highest BCUT2D eigenvalue weighted by Crippen LogP contribution is 2.39. The van der Waals surface area contributed by atoms with Crippen LogP contribution in [0.1, 0.15) is 65.5 Å². The zero-order chi connectivity index (χ0) is 32.6. The van der Waals surface area contributed by atoms with E-state index in [4.69, 9.17) is 9.47 Å². The molecular weight excluding hydrogens is 570 g/mol. The normalized spacial score (nSPS) is 18.4. The summed E-state index contributed by atoms with van der Waals surface area (Å²) in [6.45, 7) is 9.58. The number of nitrogens with one attached hydrogen (secondary N) is 2. The highest BCUT2D eigenvalue weighted by Gasteiger charge is 2.50. The van der Waals surface area contributed by atoms with Crippen molar-refractivity contribution in [3.8, 4) is 16.9 Å². The van der Waals surface area contributed by atoms with Crippen LogP contribution in [0.3, 0.4) is 0 Å². The lowest BCUT2D eigenvalue weighted by molar-refractivity contribution is -0.139. The molecule has 1 heterocycles. The smallest absolute Gasteiger partial charge is 0.415 e. The van der Waals surface area contributed by atoms with E-state index in [1.165, 1.54) is 0 Å². The molecule has 4 rings (SSSR count). The lowest BCUT2D eigenvalue weighted by Gasteiger charge is -2.31. The maximum Gasteiger partial charge on any atom is 0.415 e. The Morgan fingerprint density at radius 3 is 2.11 bits per heavy atom. The van der Waals surface area contributed by atoms with Gasteiger partial charge in [0.05, 0.1) is 12.6 Å². The number of likely N-dealkylation sites (tertiary alicyclic amines) is 1. The molecule has 1 unspecified atom stereocenters. The number of carbonyl (C=O) groups excluding carboxylic acids is 4. The molecule has 1 aliphatic rings. The van der Waals surface area contributed by atoms with Crippen LogP contribution in [-0.2, 0) is 14.3 Å².